The molecule has 3 atom stereocenters. The van der Waals surface area contributed by atoms with Gasteiger partial charge in [-0.05, 0) is 32.8 Å². The van der Waals surface area contributed by atoms with E-state index >= 15 is 0 Å². The van der Waals surface area contributed by atoms with Crippen LogP contribution in [0, 0.1) is 5.41 Å². The number of rotatable bonds is 2. The number of nitrogens with zero attached hydrogens (tertiary/aromatic N) is 3. The van der Waals surface area contributed by atoms with Crippen LogP contribution in [0.2, 0.25) is 0 Å². The number of aromatic nitrogens is 3. The molecule has 1 saturated carbocycles. The second-order valence-corrected chi connectivity index (χ2v) is 7.24. The lowest BCUT2D eigenvalue weighted by Gasteiger charge is -2.33. The first-order valence-electron chi connectivity index (χ1n) is 7.91. The molecule has 122 valence electrons. The molecule has 2 aromatic heterocycles. The number of hydrogen-bond donors (Lipinski definition) is 1. The Bertz CT molecular complexity index is 799. The van der Waals surface area contributed by atoms with Crippen molar-refractivity contribution in [2.75, 3.05) is 5.73 Å². The summed E-state index contributed by atoms with van der Waals surface area (Å²) in [7, 11) is 0. The first-order valence-corrected chi connectivity index (χ1v) is 7.91. The van der Waals surface area contributed by atoms with Crippen molar-refractivity contribution in [1.29, 1.82) is 0 Å². The molecule has 1 saturated heterocycles. The minimum atomic E-state index is -0.662. The molecule has 2 fully saturated rings. The Kier molecular flexibility index (Phi) is 2.76. The maximum Gasteiger partial charge on any atom is 0.176 e. The number of anilines is 1. The highest BCUT2D eigenvalue weighted by Crippen LogP contribution is 2.58. The third-order valence-corrected chi connectivity index (χ3v) is 5.24. The Balaban J connectivity index is 1.94. The summed E-state index contributed by atoms with van der Waals surface area (Å²) in [4.78, 5) is 8.50. The van der Waals surface area contributed by atoms with Crippen molar-refractivity contribution in [3.05, 3.63) is 31.2 Å². The molecule has 3 heterocycles. The Morgan fingerprint density at radius 2 is 2.13 bits per heavy atom. The fraction of sp³-hybridized carbons (Fsp3) is 0.529. The van der Waals surface area contributed by atoms with E-state index in [-0.39, 0.29) is 11.5 Å². The summed E-state index contributed by atoms with van der Waals surface area (Å²) < 4.78 is 14.8. The molecule has 0 aromatic carbocycles. The van der Waals surface area contributed by atoms with Gasteiger partial charge in [-0.25, -0.2) is 9.97 Å². The number of hydrogen-bond acceptors (Lipinski definition) is 5. The smallest absolute Gasteiger partial charge is 0.176 e. The van der Waals surface area contributed by atoms with Crippen LogP contribution >= 0.6 is 0 Å². The number of fused-ring (bicyclic) bond motifs is 2. The van der Waals surface area contributed by atoms with Gasteiger partial charge >= 0.3 is 0 Å². The van der Waals surface area contributed by atoms with Crippen molar-refractivity contribution in [3.63, 3.8) is 0 Å². The van der Waals surface area contributed by atoms with Gasteiger partial charge in [-0.3, -0.25) is 0 Å². The van der Waals surface area contributed by atoms with E-state index in [4.69, 9.17) is 15.2 Å². The van der Waals surface area contributed by atoms with E-state index in [1.165, 1.54) is 6.33 Å². The van der Waals surface area contributed by atoms with Crippen molar-refractivity contribution in [3.8, 4) is 0 Å². The normalized spacial score (nSPS) is 35.5. The molecule has 4 rings (SSSR count). The van der Waals surface area contributed by atoms with E-state index in [0.29, 0.717) is 5.82 Å². The van der Waals surface area contributed by atoms with Gasteiger partial charge in [0, 0.05) is 11.6 Å². The minimum absolute atomic E-state index is 0.130. The molecular formula is C17H22N4O2. The second-order valence-electron chi connectivity index (χ2n) is 7.24. The summed E-state index contributed by atoms with van der Waals surface area (Å²) in [6.45, 7) is 10.1. The molecule has 1 aliphatic carbocycles. The molecule has 1 aliphatic heterocycles. The van der Waals surface area contributed by atoms with Crippen LogP contribution in [0.3, 0.4) is 0 Å². The number of ether oxygens (including phenoxy) is 2. The van der Waals surface area contributed by atoms with Crippen LogP contribution in [-0.2, 0) is 15.2 Å². The van der Waals surface area contributed by atoms with Gasteiger partial charge in [-0.2, -0.15) is 0 Å². The van der Waals surface area contributed by atoms with E-state index in [0.717, 1.165) is 23.9 Å². The van der Waals surface area contributed by atoms with E-state index in [2.05, 4.69) is 28.0 Å². The lowest BCUT2D eigenvalue weighted by Crippen LogP contribution is -2.43. The topological polar surface area (TPSA) is 75.2 Å². The summed E-state index contributed by atoms with van der Waals surface area (Å²) in [5.41, 5.74) is 6.01. The zero-order valence-electron chi connectivity index (χ0n) is 13.7. The Morgan fingerprint density at radius 1 is 1.35 bits per heavy atom. The summed E-state index contributed by atoms with van der Waals surface area (Å²) in [5.74, 6) is -0.186. The van der Waals surface area contributed by atoms with Gasteiger partial charge in [0.05, 0.1) is 5.39 Å². The highest BCUT2D eigenvalue weighted by molar-refractivity contribution is 5.86. The molecule has 6 nitrogen and oxygen atoms in total. The predicted molar refractivity (Wildman–Crippen MR) is 87.5 cm³/mol. The van der Waals surface area contributed by atoms with Gasteiger partial charge in [-0.15, -0.1) is 6.58 Å². The summed E-state index contributed by atoms with van der Waals surface area (Å²) in [5, 5.41) is 0.834. The highest BCUT2D eigenvalue weighted by Gasteiger charge is 2.64. The Morgan fingerprint density at radius 3 is 2.87 bits per heavy atom. The molecule has 0 amide bonds. The average Bonchev–Trinajstić information content (AvgIpc) is 3.12. The van der Waals surface area contributed by atoms with Crippen LogP contribution in [-0.4, -0.2) is 26.4 Å². The lowest BCUT2D eigenvalue weighted by atomic mass is 9.85. The van der Waals surface area contributed by atoms with Crippen molar-refractivity contribution >= 4 is 16.9 Å². The fourth-order valence-corrected chi connectivity index (χ4v) is 4.07. The molecule has 23 heavy (non-hydrogen) atoms. The van der Waals surface area contributed by atoms with Crippen LogP contribution in [0.15, 0.2) is 31.2 Å². The van der Waals surface area contributed by atoms with Gasteiger partial charge in [0.2, 0.25) is 0 Å². The van der Waals surface area contributed by atoms with Crippen LogP contribution in [0.1, 0.15) is 33.6 Å². The molecule has 2 N–H and O–H groups in total. The standard InChI is InChI=1S/C17H22N4O2/c1-5-16(4)7-8-17(14(16)22-15(2,3)23-17)21-9-6-11-12(18)19-10-20-13(11)21/h5-6,9-10,14H,1,7-8H2,2-4H3,(H2,18,19,20)/t14-,16+,17-/m1/s1. The van der Waals surface area contributed by atoms with Gasteiger partial charge in [0.25, 0.3) is 0 Å². The zero-order valence-corrected chi connectivity index (χ0v) is 13.7. The van der Waals surface area contributed by atoms with Gasteiger partial charge in [-0.1, -0.05) is 13.0 Å². The molecule has 2 aliphatic rings. The molecule has 0 radical (unpaired) electrons. The van der Waals surface area contributed by atoms with Crippen LogP contribution in [0.25, 0.3) is 11.0 Å². The van der Waals surface area contributed by atoms with E-state index in [1.807, 2.05) is 32.2 Å². The zero-order chi connectivity index (χ0) is 16.5. The van der Waals surface area contributed by atoms with Crippen LogP contribution in [0.5, 0.6) is 0 Å². The molecule has 0 unspecified atom stereocenters. The molecule has 0 spiro atoms. The van der Waals surface area contributed by atoms with Gasteiger partial charge in [0.15, 0.2) is 11.5 Å². The second kappa shape index (κ2) is 4.33. The van der Waals surface area contributed by atoms with Gasteiger partial charge < -0.3 is 19.8 Å². The van der Waals surface area contributed by atoms with Crippen molar-refractivity contribution in [1.82, 2.24) is 14.5 Å². The molecular weight excluding hydrogens is 292 g/mol. The van der Waals surface area contributed by atoms with E-state index < -0.39 is 11.5 Å². The van der Waals surface area contributed by atoms with E-state index in [9.17, 15) is 0 Å². The highest BCUT2D eigenvalue weighted by atomic mass is 16.8. The van der Waals surface area contributed by atoms with Crippen molar-refractivity contribution in [2.24, 2.45) is 5.41 Å². The predicted octanol–water partition coefficient (Wildman–Crippen LogP) is 2.80. The summed E-state index contributed by atoms with van der Waals surface area (Å²) >= 11 is 0. The Labute approximate surface area is 135 Å². The SMILES string of the molecule is C=C[C@@]1(C)CC[C@@]2(n3ccc4c(N)ncnc43)OC(C)(C)O[C@H]12. The maximum absolute atomic E-state index is 6.44. The maximum atomic E-state index is 6.44. The number of nitrogen functional groups attached to an aromatic ring is 1. The van der Waals surface area contributed by atoms with Crippen LogP contribution < -0.4 is 5.73 Å². The Hall–Kier alpha value is -1.92. The molecule has 2 aromatic rings. The quantitative estimate of drug-likeness (QED) is 0.863. The fourth-order valence-electron chi connectivity index (χ4n) is 4.07. The van der Waals surface area contributed by atoms with E-state index in [1.54, 1.807) is 0 Å². The van der Waals surface area contributed by atoms with Crippen molar-refractivity contribution in [2.45, 2.75) is 51.2 Å². The molecule has 6 heteroatoms. The first-order chi connectivity index (χ1) is 10.8. The number of nitrogens with two attached hydrogens (primary N) is 1. The van der Waals surface area contributed by atoms with Gasteiger partial charge in [0.1, 0.15) is 23.9 Å². The van der Waals surface area contributed by atoms with Crippen LogP contribution in [0.4, 0.5) is 5.82 Å². The van der Waals surface area contributed by atoms with Crippen molar-refractivity contribution < 1.29 is 9.47 Å². The summed E-state index contributed by atoms with van der Waals surface area (Å²) in [6.07, 6.45) is 7.09. The largest absolute Gasteiger partial charge is 0.383 e. The third kappa shape index (κ3) is 1.82. The lowest BCUT2D eigenvalue weighted by molar-refractivity contribution is -0.188. The third-order valence-electron chi connectivity index (χ3n) is 5.24. The monoisotopic (exact) mass is 314 g/mol. The minimum Gasteiger partial charge on any atom is -0.383 e. The first kappa shape index (κ1) is 14.7. The molecule has 0 bridgehead atoms. The average molecular weight is 314 g/mol. The summed E-state index contributed by atoms with van der Waals surface area (Å²) in [6, 6.07) is 1.94.